The molecule has 0 saturated carbocycles. The van der Waals surface area contributed by atoms with Crippen molar-refractivity contribution in [2.24, 2.45) is 0 Å². The lowest BCUT2D eigenvalue weighted by Gasteiger charge is -2.23. The minimum atomic E-state index is -0.836. The minimum Gasteiger partial charge on any atom is -0.446 e. The van der Waals surface area contributed by atoms with Crippen molar-refractivity contribution in [2.75, 3.05) is 0 Å². The van der Waals surface area contributed by atoms with E-state index in [2.05, 4.69) is 0 Å². The van der Waals surface area contributed by atoms with Crippen LogP contribution in [0.25, 0.3) is 0 Å². The number of benzene rings is 2. The van der Waals surface area contributed by atoms with Crippen LogP contribution < -0.4 is 9.47 Å². The summed E-state index contributed by atoms with van der Waals surface area (Å²) in [5.74, 6) is -0.579. The van der Waals surface area contributed by atoms with Crippen molar-refractivity contribution < 1.29 is 13.9 Å². The SMILES string of the molecule is Fc1c(Cl)c(Cl)c(Cl)c2c1Oc1cccc(Cl)c1O2. The van der Waals surface area contributed by atoms with Gasteiger partial charge in [-0.2, -0.15) is 0 Å². The van der Waals surface area contributed by atoms with Gasteiger partial charge in [0.25, 0.3) is 0 Å². The van der Waals surface area contributed by atoms with Crippen molar-refractivity contribution in [1.29, 1.82) is 0 Å². The molecule has 2 aromatic carbocycles. The van der Waals surface area contributed by atoms with Crippen LogP contribution in [-0.2, 0) is 0 Å². The maximum absolute atomic E-state index is 14.0. The summed E-state index contributed by atoms with van der Waals surface area (Å²) in [6.07, 6.45) is 0. The zero-order valence-corrected chi connectivity index (χ0v) is 12.0. The maximum Gasteiger partial charge on any atom is 0.208 e. The van der Waals surface area contributed by atoms with Gasteiger partial charge >= 0.3 is 0 Å². The predicted molar refractivity (Wildman–Crippen MR) is 73.0 cm³/mol. The first-order valence-electron chi connectivity index (χ1n) is 5.01. The van der Waals surface area contributed by atoms with Crippen LogP contribution in [0.2, 0.25) is 20.1 Å². The normalized spacial score (nSPS) is 12.3. The molecule has 98 valence electrons. The van der Waals surface area contributed by atoms with Crippen LogP contribution in [0, 0.1) is 5.82 Å². The lowest BCUT2D eigenvalue weighted by molar-refractivity contribution is 0.342. The summed E-state index contributed by atoms with van der Waals surface area (Å²) in [5.41, 5.74) is 0. The van der Waals surface area contributed by atoms with Gasteiger partial charge in [-0.05, 0) is 12.1 Å². The summed E-state index contributed by atoms with van der Waals surface area (Å²) >= 11 is 23.5. The van der Waals surface area contributed by atoms with Gasteiger partial charge in [0.2, 0.25) is 5.75 Å². The summed E-state index contributed by atoms with van der Waals surface area (Å²) in [4.78, 5) is 0. The second-order valence-electron chi connectivity index (χ2n) is 3.69. The van der Waals surface area contributed by atoms with Gasteiger partial charge in [-0.15, -0.1) is 0 Å². The molecule has 0 spiro atoms. The monoisotopic (exact) mass is 338 g/mol. The number of halogens is 5. The first kappa shape index (κ1) is 13.1. The largest absolute Gasteiger partial charge is 0.446 e. The Labute approximate surface area is 127 Å². The fourth-order valence-corrected chi connectivity index (χ4v) is 2.48. The maximum atomic E-state index is 14.0. The Bertz CT molecular complexity index is 703. The van der Waals surface area contributed by atoms with E-state index in [0.29, 0.717) is 5.02 Å². The highest BCUT2D eigenvalue weighted by Crippen LogP contribution is 2.55. The number of hydrogen-bond acceptors (Lipinski definition) is 2. The highest BCUT2D eigenvalue weighted by Gasteiger charge is 2.30. The Hall–Kier alpha value is -0.870. The van der Waals surface area contributed by atoms with E-state index in [4.69, 9.17) is 55.9 Å². The van der Waals surface area contributed by atoms with Gasteiger partial charge in [0.1, 0.15) is 10.0 Å². The van der Waals surface area contributed by atoms with Gasteiger partial charge in [-0.25, -0.2) is 4.39 Å². The molecule has 1 aliphatic rings. The molecule has 2 aromatic rings. The third-order valence-electron chi connectivity index (χ3n) is 2.53. The van der Waals surface area contributed by atoms with Crippen LogP contribution in [-0.4, -0.2) is 0 Å². The lowest BCUT2D eigenvalue weighted by Crippen LogP contribution is -2.03. The van der Waals surface area contributed by atoms with Crippen molar-refractivity contribution in [1.82, 2.24) is 0 Å². The molecule has 0 N–H and O–H groups in total. The number of fused-ring (bicyclic) bond motifs is 2. The summed E-state index contributed by atoms with van der Waals surface area (Å²) < 4.78 is 24.9. The molecule has 0 bridgehead atoms. The van der Waals surface area contributed by atoms with E-state index in [0.717, 1.165) is 0 Å². The van der Waals surface area contributed by atoms with Crippen LogP contribution in [0.5, 0.6) is 23.0 Å². The Morgan fingerprint density at radius 1 is 0.789 bits per heavy atom. The zero-order valence-electron chi connectivity index (χ0n) is 8.94. The quantitative estimate of drug-likeness (QED) is 0.351. The zero-order chi connectivity index (χ0) is 13.7. The third kappa shape index (κ3) is 1.93. The first-order valence-corrected chi connectivity index (χ1v) is 6.52. The molecule has 7 heteroatoms. The molecule has 0 aliphatic carbocycles. The van der Waals surface area contributed by atoms with Crippen molar-refractivity contribution in [3.05, 3.63) is 44.1 Å². The van der Waals surface area contributed by atoms with Crippen LogP contribution in [0.3, 0.4) is 0 Å². The van der Waals surface area contributed by atoms with Gasteiger partial charge in [-0.1, -0.05) is 52.5 Å². The molecular formula is C12H3Cl4FO2. The molecule has 0 amide bonds. The third-order valence-corrected chi connectivity index (χ3v) is 4.11. The van der Waals surface area contributed by atoms with E-state index < -0.39 is 5.82 Å². The number of hydrogen-bond donors (Lipinski definition) is 0. The minimum absolute atomic E-state index is 0.0337. The van der Waals surface area contributed by atoms with Crippen molar-refractivity contribution in [3.8, 4) is 23.0 Å². The van der Waals surface area contributed by atoms with E-state index in [9.17, 15) is 4.39 Å². The van der Waals surface area contributed by atoms with Crippen molar-refractivity contribution in [2.45, 2.75) is 0 Å². The fraction of sp³-hybridized carbons (Fsp3) is 0. The van der Waals surface area contributed by atoms with E-state index in [1.54, 1.807) is 18.2 Å². The van der Waals surface area contributed by atoms with Crippen LogP contribution in [0.4, 0.5) is 4.39 Å². The van der Waals surface area contributed by atoms with Crippen molar-refractivity contribution in [3.63, 3.8) is 0 Å². The molecule has 0 atom stereocenters. The van der Waals surface area contributed by atoms with E-state index in [1.165, 1.54) is 0 Å². The Kier molecular flexibility index (Phi) is 3.18. The average Bonchev–Trinajstić information content (AvgIpc) is 2.42. The van der Waals surface area contributed by atoms with Crippen LogP contribution >= 0.6 is 46.4 Å². The summed E-state index contributed by atoms with van der Waals surface area (Å²) in [6.45, 7) is 0. The summed E-state index contributed by atoms with van der Waals surface area (Å²) in [7, 11) is 0. The Balaban J connectivity index is 2.26. The van der Waals surface area contributed by atoms with Gasteiger partial charge in [0.05, 0.1) is 10.0 Å². The number of para-hydroxylation sites is 1. The molecule has 1 aliphatic heterocycles. The van der Waals surface area contributed by atoms with Gasteiger partial charge in [0.15, 0.2) is 23.1 Å². The van der Waals surface area contributed by atoms with Crippen molar-refractivity contribution >= 4 is 46.4 Å². The topological polar surface area (TPSA) is 18.5 Å². The van der Waals surface area contributed by atoms with E-state index in [1.807, 2.05) is 0 Å². The molecule has 0 radical (unpaired) electrons. The second kappa shape index (κ2) is 4.60. The highest BCUT2D eigenvalue weighted by molar-refractivity contribution is 6.49. The molecule has 0 unspecified atom stereocenters. The molecule has 0 fully saturated rings. The van der Waals surface area contributed by atoms with E-state index in [-0.39, 0.29) is 38.1 Å². The molecule has 2 nitrogen and oxygen atoms in total. The molecule has 0 aromatic heterocycles. The summed E-state index contributed by atoms with van der Waals surface area (Å²) in [5, 5.41) is -0.183. The molecule has 0 saturated heterocycles. The second-order valence-corrected chi connectivity index (χ2v) is 5.23. The number of rotatable bonds is 0. The van der Waals surface area contributed by atoms with E-state index >= 15 is 0 Å². The standard InChI is InChI=1S/C12H3Cl4FO2/c13-4-2-1-3-5-10(4)19-11-8(16)6(14)7(15)9(17)12(11)18-5/h1-3H. The Morgan fingerprint density at radius 3 is 2.26 bits per heavy atom. The molecule has 3 rings (SSSR count). The molecule has 1 heterocycles. The van der Waals surface area contributed by atoms with Gasteiger partial charge < -0.3 is 9.47 Å². The first-order chi connectivity index (χ1) is 9.00. The Morgan fingerprint density at radius 2 is 1.53 bits per heavy atom. The summed E-state index contributed by atoms with van der Waals surface area (Å²) in [6, 6.07) is 4.84. The number of ether oxygens (including phenoxy) is 2. The molecular weight excluding hydrogens is 337 g/mol. The molecule has 19 heavy (non-hydrogen) atoms. The van der Waals surface area contributed by atoms with Gasteiger partial charge in [-0.3, -0.25) is 0 Å². The smallest absolute Gasteiger partial charge is 0.208 e. The van der Waals surface area contributed by atoms with Crippen LogP contribution in [0.15, 0.2) is 18.2 Å². The van der Waals surface area contributed by atoms with Crippen LogP contribution in [0.1, 0.15) is 0 Å². The van der Waals surface area contributed by atoms with Gasteiger partial charge in [0, 0.05) is 0 Å². The fourth-order valence-electron chi connectivity index (χ4n) is 1.65. The lowest BCUT2D eigenvalue weighted by atomic mass is 10.2. The average molecular weight is 340 g/mol. The predicted octanol–water partition coefficient (Wildman–Crippen LogP) is 6.34. The highest BCUT2D eigenvalue weighted by atomic mass is 35.5.